The van der Waals surface area contributed by atoms with Crippen LogP contribution in [0.25, 0.3) is 10.4 Å². The average molecular weight is 218 g/mol. The molecule has 0 rings (SSSR count). The monoisotopic (exact) mass is 218 g/mol. The van der Waals surface area contributed by atoms with Gasteiger partial charge >= 0.3 is 6.09 Å². The van der Waals surface area contributed by atoms with Gasteiger partial charge in [0.2, 0.25) is 6.29 Å². The van der Waals surface area contributed by atoms with Crippen molar-refractivity contribution in [3.8, 4) is 0 Å². The summed E-state index contributed by atoms with van der Waals surface area (Å²) < 4.78 is 14.5. The van der Waals surface area contributed by atoms with Gasteiger partial charge in [0, 0.05) is 11.5 Å². The Balaban J connectivity index is 3.23. The van der Waals surface area contributed by atoms with Crippen molar-refractivity contribution in [3.63, 3.8) is 0 Å². The number of hydrogen-bond donors (Lipinski definition) is 1. The molecule has 8 heteroatoms. The van der Waals surface area contributed by atoms with Crippen LogP contribution in [-0.4, -0.2) is 38.7 Å². The standard InChI is InChI=1S/C7H14N4O4/c1-6(15-7(8)12)14-5-4-13-3-2-10-11-9/h6H,2-5H2,1H3,(H2,8,12). The first-order valence-electron chi connectivity index (χ1n) is 4.33. The Morgan fingerprint density at radius 1 is 1.53 bits per heavy atom. The van der Waals surface area contributed by atoms with Crippen LogP contribution in [0.1, 0.15) is 6.92 Å². The molecule has 0 saturated carbocycles. The number of carbonyl (C=O) groups is 1. The van der Waals surface area contributed by atoms with Gasteiger partial charge in [-0.1, -0.05) is 5.11 Å². The van der Waals surface area contributed by atoms with Crippen molar-refractivity contribution in [3.05, 3.63) is 10.4 Å². The second-order valence-electron chi connectivity index (χ2n) is 2.44. The van der Waals surface area contributed by atoms with Gasteiger partial charge in [-0.15, -0.1) is 0 Å². The summed E-state index contributed by atoms with van der Waals surface area (Å²) in [6.45, 7) is 2.76. The molecule has 0 aliphatic heterocycles. The maximum Gasteiger partial charge on any atom is 0.406 e. The van der Waals surface area contributed by atoms with Gasteiger partial charge in [-0.25, -0.2) is 4.79 Å². The van der Waals surface area contributed by atoms with Gasteiger partial charge in [-0.3, -0.25) is 0 Å². The van der Waals surface area contributed by atoms with Crippen LogP contribution < -0.4 is 5.73 Å². The summed E-state index contributed by atoms with van der Waals surface area (Å²) in [4.78, 5) is 12.8. The fraction of sp³-hybridized carbons (Fsp3) is 0.857. The lowest BCUT2D eigenvalue weighted by molar-refractivity contribution is -0.101. The van der Waals surface area contributed by atoms with Gasteiger partial charge in [0.25, 0.3) is 0 Å². The molecular formula is C7H14N4O4. The van der Waals surface area contributed by atoms with Gasteiger partial charge in [-0.2, -0.15) is 0 Å². The third-order valence-corrected chi connectivity index (χ3v) is 1.26. The summed E-state index contributed by atoms with van der Waals surface area (Å²) in [5.74, 6) is 0. The van der Waals surface area contributed by atoms with Crippen molar-refractivity contribution in [1.29, 1.82) is 0 Å². The predicted molar refractivity (Wildman–Crippen MR) is 50.9 cm³/mol. The second-order valence-corrected chi connectivity index (χ2v) is 2.44. The van der Waals surface area contributed by atoms with Crippen LogP contribution in [0.5, 0.6) is 0 Å². The molecule has 1 amide bonds. The van der Waals surface area contributed by atoms with E-state index in [1.165, 1.54) is 0 Å². The molecular weight excluding hydrogens is 204 g/mol. The van der Waals surface area contributed by atoms with Crippen LogP contribution in [-0.2, 0) is 14.2 Å². The number of amides is 1. The quantitative estimate of drug-likeness (QED) is 0.212. The van der Waals surface area contributed by atoms with E-state index in [1.807, 2.05) is 0 Å². The molecule has 1 atom stereocenters. The van der Waals surface area contributed by atoms with Crippen LogP contribution in [0.2, 0.25) is 0 Å². The summed E-state index contributed by atoms with van der Waals surface area (Å²) in [6.07, 6.45) is -1.57. The fourth-order valence-corrected chi connectivity index (χ4v) is 0.723. The van der Waals surface area contributed by atoms with E-state index in [0.29, 0.717) is 13.2 Å². The number of hydrogen-bond acceptors (Lipinski definition) is 5. The van der Waals surface area contributed by atoms with E-state index in [-0.39, 0.29) is 13.2 Å². The SMILES string of the molecule is CC(OCCOCCN=[N+]=[N-])OC(N)=O. The third kappa shape index (κ3) is 10.4. The van der Waals surface area contributed by atoms with E-state index < -0.39 is 12.4 Å². The maximum absolute atomic E-state index is 10.3. The Morgan fingerprint density at radius 3 is 2.87 bits per heavy atom. The summed E-state index contributed by atoms with van der Waals surface area (Å²) in [5.41, 5.74) is 12.7. The molecule has 0 spiro atoms. The minimum atomic E-state index is -0.883. The van der Waals surface area contributed by atoms with E-state index in [9.17, 15) is 4.79 Å². The summed E-state index contributed by atoms with van der Waals surface area (Å²) in [7, 11) is 0. The predicted octanol–water partition coefficient (Wildman–Crippen LogP) is 0.771. The molecule has 0 aromatic carbocycles. The van der Waals surface area contributed by atoms with Crippen molar-refractivity contribution in [2.45, 2.75) is 13.2 Å². The third-order valence-electron chi connectivity index (χ3n) is 1.26. The maximum atomic E-state index is 10.3. The van der Waals surface area contributed by atoms with Crippen molar-refractivity contribution >= 4 is 6.09 Å². The van der Waals surface area contributed by atoms with Crippen molar-refractivity contribution < 1.29 is 19.0 Å². The number of nitrogens with two attached hydrogens (primary N) is 1. The van der Waals surface area contributed by atoms with Crippen molar-refractivity contribution in [2.24, 2.45) is 10.8 Å². The minimum Gasteiger partial charge on any atom is -0.420 e. The largest absolute Gasteiger partial charge is 0.420 e. The number of rotatable bonds is 8. The van der Waals surface area contributed by atoms with Gasteiger partial charge in [-0.05, 0) is 12.5 Å². The lowest BCUT2D eigenvalue weighted by atomic mass is 10.7. The normalized spacial score (nSPS) is 11.5. The molecule has 0 bridgehead atoms. The molecule has 86 valence electrons. The lowest BCUT2D eigenvalue weighted by Crippen LogP contribution is -2.24. The van der Waals surface area contributed by atoms with E-state index >= 15 is 0 Å². The van der Waals surface area contributed by atoms with Crippen LogP contribution in [0.4, 0.5) is 4.79 Å². The Kier molecular flexibility index (Phi) is 8.16. The molecule has 15 heavy (non-hydrogen) atoms. The number of primary amides is 1. The van der Waals surface area contributed by atoms with Crippen LogP contribution in [0.15, 0.2) is 5.11 Å². The molecule has 0 aromatic heterocycles. The van der Waals surface area contributed by atoms with Crippen molar-refractivity contribution in [1.82, 2.24) is 0 Å². The molecule has 0 fully saturated rings. The Bertz CT molecular complexity index is 229. The molecule has 0 aliphatic carbocycles. The highest BCUT2D eigenvalue weighted by Gasteiger charge is 2.04. The number of ether oxygens (including phenoxy) is 3. The van der Waals surface area contributed by atoms with Crippen LogP contribution in [0.3, 0.4) is 0 Å². The van der Waals surface area contributed by atoms with Gasteiger partial charge < -0.3 is 19.9 Å². The molecule has 0 radical (unpaired) electrons. The lowest BCUT2D eigenvalue weighted by Gasteiger charge is -2.11. The average Bonchev–Trinajstić information content (AvgIpc) is 2.15. The first-order valence-corrected chi connectivity index (χ1v) is 4.33. The second kappa shape index (κ2) is 9.07. The first-order chi connectivity index (χ1) is 7.16. The summed E-state index contributed by atoms with van der Waals surface area (Å²) >= 11 is 0. The fourth-order valence-electron chi connectivity index (χ4n) is 0.723. The highest BCUT2D eigenvalue weighted by Crippen LogP contribution is 1.92. The van der Waals surface area contributed by atoms with E-state index in [1.54, 1.807) is 6.92 Å². The number of nitrogens with zero attached hydrogens (tertiary/aromatic N) is 3. The van der Waals surface area contributed by atoms with Gasteiger partial charge in [0.1, 0.15) is 0 Å². The van der Waals surface area contributed by atoms with E-state index in [2.05, 4.69) is 14.8 Å². The summed E-state index contributed by atoms with van der Waals surface area (Å²) in [5, 5.41) is 3.27. The zero-order valence-electron chi connectivity index (χ0n) is 8.46. The van der Waals surface area contributed by atoms with Crippen molar-refractivity contribution in [2.75, 3.05) is 26.4 Å². The number of azide groups is 1. The molecule has 0 aliphatic rings. The zero-order chi connectivity index (χ0) is 11.5. The van der Waals surface area contributed by atoms with E-state index in [4.69, 9.17) is 20.7 Å². The van der Waals surface area contributed by atoms with Gasteiger partial charge in [0.05, 0.1) is 19.8 Å². The molecule has 1 unspecified atom stereocenters. The molecule has 0 aromatic rings. The Morgan fingerprint density at radius 2 is 2.27 bits per heavy atom. The molecule has 0 heterocycles. The topological polar surface area (TPSA) is 120 Å². The Labute approximate surface area is 86.9 Å². The number of carbonyl (C=O) groups excluding carboxylic acids is 1. The van der Waals surface area contributed by atoms with Crippen LogP contribution in [0, 0.1) is 0 Å². The molecule has 0 saturated heterocycles. The summed E-state index contributed by atoms with van der Waals surface area (Å²) in [6, 6.07) is 0. The zero-order valence-corrected chi connectivity index (χ0v) is 8.46. The van der Waals surface area contributed by atoms with Crippen LogP contribution >= 0.6 is 0 Å². The molecule has 8 nitrogen and oxygen atoms in total. The Hall–Kier alpha value is -1.50. The smallest absolute Gasteiger partial charge is 0.406 e. The van der Waals surface area contributed by atoms with E-state index in [0.717, 1.165) is 0 Å². The highest BCUT2D eigenvalue weighted by atomic mass is 16.7. The first kappa shape index (κ1) is 13.5. The minimum absolute atomic E-state index is 0.269. The highest BCUT2D eigenvalue weighted by molar-refractivity contribution is 5.64. The van der Waals surface area contributed by atoms with Gasteiger partial charge in [0.15, 0.2) is 0 Å². The molecule has 2 N–H and O–H groups in total.